The molecule has 0 bridgehead atoms. The summed E-state index contributed by atoms with van der Waals surface area (Å²) >= 11 is 0. The van der Waals surface area contributed by atoms with Gasteiger partial charge in [-0.1, -0.05) is 6.07 Å². The van der Waals surface area contributed by atoms with Crippen LogP contribution in [0.5, 0.6) is 11.5 Å². The predicted octanol–water partition coefficient (Wildman–Crippen LogP) is 2.89. The topological polar surface area (TPSA) is 82.8 Å². The van der Waals surface area contributed by atoms with Gasteiger partial charge in [0.05, 0.1) is 18.2 Å². The largest absolute Gasteiger partial charge is 0.466 e. The molecule has 2 aliphatic heterocycles. The van der Waals surface area contributed by atoms with Gasteiger partial charge in [0.2, 0.25) is 6.79 Å². The van der Waals surface area contributed by atoms with E-state index in [-0.39, 0.29) is 30.6 Å². The molecule has 1 aromatic heterocycles. The average Bonchev–Trinajstić information content (AvgIpc) is 3.38. The molecule has 150 valence electrons. The number of rotatable bonds is 6. The number of hydrogen-bond donors (Lipinski definition) is 1. The summed E-state index contributed by atoms with van der Waals surface area (Å²) in [6.45, 7) is 7.00. The third kappa shape index (κ3) is 3.58. The molecule has 3 atom stereocenters. The summed E-state index contributed by atoms with van der Waals surface area (Å²) in [6.07, 6.45) is 1.43. The van der Waals surface area contributed by atoms with Crippen LogP contribution in [0.4, 0.5) is 0 Å². The van der Waals surface area contributed by atoms with Crippen LogP contribution >= 0.6 is 0 Å². The molecule has 0 unspecified atom stereocenters. The second-order valence-corrected chi connectivity index (χ2v) is 7.30. The summed E-state index contributed by atoms with van der Waals surface area (Å²) in [5.74, 6) is 2.62. The molecule has 2 aromatic rings. The van der Waals surface area contributed by atoms with Crippen LogP contribution < -0.4 is 14.8 Å². The maximum Gasteiger partial charge on any atom is 0.311 e. The highest BCUT2D eigenvalue weighted by molar-refractivity contribution is 5.75. The van der Waals surface area contributed by atoms with E-state index >= 15 is 0 Å². The van der Waals surface area contributed by atoms with E-state index in [1.54, 1.807) is 0 Å². The Bertz CT molecular complexity index is 843. The van der Waals surface area contributed by atoms with Crippen molar-refractivity contribution < 1.29 is 23.4 Å². The van der Waals surface area contributed by atoms with E-state index in [1.807, 2.05) is 39.0 Å². The van der Waals surface area contributed by atoms with Gasteiger partial charge in [-0.2, -0.15) is 0 Å². The minimum absolute atomic E-state index is 0.00184. The van der Waals surface area contributed by atoms with Gasteiger partial charge in [0.15, 0.2) is 17.4 Å². The molecule has 0 saturated carbocycles. The highest BCUT2D eigenvalue weighted by Crippen LogP contribution is 2.40. The summed E-state index contributed by atoms with van der Waals surface area (Å²) in [7, 11) is 0. The van der Waals surface area contributed by atoms with Crippen LogP contribution in [0, 0.1) is 19.8 Å². The fourth-order valence-corrected chi connectivity index (χ4v) is 4.06. The van der Waals surface area contributed by atoms with E-state index < -0.39 is 0 Å². The lowest BCUT2D eigenvalue weighted by molar-refractivity contribution is -0.148. The smallest absolute Gasteiger partial charge is 0.311 e. The van der Waals surface area contributed by atoms with Crippen LogP contribution in [-0.4, -0.2) is 36.9 Å². The van der Waals surface area contributed by atoms with E-state index in [1.165, 1.54) is 0 Å². The molecule has 28 heavy (non-hydrogen) atoms. The van der Waals surface area contributed by atoms with Crippen molar-refractivity contribution in [3.05, 3.63) is 41.1 Å². The Labute approximate surface area is 164 Å². The number of aromatic nitrogens is 1. The number of fused-ring (bicyclic) bond motifs is 1. The number of benzene rings is 1. The molecule has 2 aliphatic rings. The number of aryl methyl sites for hydroxylation is 3. The van der Waals surface area contributed by atoms with Gasteiger partial charge in [0.25, 0.3) is 0 Å². The van der Waals surface area contributed by atoms with Crippen molar-refractivity contribution in [3.63, 3.8) is 0 Å². The van der Waals surface area contributed by atoms with Gasteiger partial charge in [0.1, 0.15) is 5.76 Å². The second-order valence-electron chi connectivity index (χ2n) is 7.30. The molecular weight excluding hydrogens is 360 g/mol. The normalized spacial score (nSPS) is 23.2. The average molecular weight is 386 g/mol. The molecular formula is C21H26N2O5. The molecule has 0 aliphatic carbocycles. The molecule has 0 radical (unpaired) electrons. The summed E-state index contributed by atoms with van der Waals surface area (Å²) in [5.41, 5.74) is 1.97. The molecule has 7 heteroatoms. The van der Waals surface area contributed by atoms with Crippen molar-refractivity contribution >= 4 is 5.97 Å². The number of hydrogen-bond acceptors (Lipinski definition) is 7. The van der Waals surface area contributed by atoms with Gasteiger partial charge < -0.3 is 23.9 Å². The predicted molar refractivity (Wildman–Crippen MR) is 102 cm³/mol. The first-order valence-corrected chi connectivity index (χ1v) is 9.79. The van der Waals surface area contributed by atoms with E-state index in [0.717, 1.165) is 34.9 Å². The molecule has 1 aromatic carbocycles. The Balaban J connectivity index is 1.52. The van der Waals surface area contributed by atoms with Crippen molar-refractivity contribution in [1.82, 2.24) is 10.3 Å². The lowest BCUT2D eigenvalue weighted by Gasteiger charge is -2.22. The van der Waals surface area contributed by atoms with E-state index in [2.05, 4.69) is 10.3 Å². The standard InChI is InChI=1S/C21H26N2O5/c1-4-25-21(24)20-15(14-5-7-17-18(9-14)27-11-26-17)10-22-16(20)6-8-19-23-12(2)13(3)28-19/h5,7,9,15-16,20,22H,4,6,8,10-11H2,1-3H3/t15-,16+,20-/m1/s1. The van der Waals surface area contributed by atoms with Crippen molar-refractivity contribution in [1.29, 1.82) is 0 Å². The highest BCUT2D eigenvalue weighted by Gasteiger charge is 2.42. The molecule has 1 saturated heterocycles. The number of esters is 1. The molecule has 3 heterocycles. The third-order valence-corrected chi connectivity index (χ3v) is 5.59. The van der Waals surface area contributed by atoms with Gasteiger partial charge >= 0.3 is 5.97 Å². The zero-order valence-corrected chi connectivity index (χ0v) is 16.5. The summed E-state index contributed by atoms with van der Waals surface area (Å²) < 4.78 is 22.0. The zero-order valence-electron chi connectivity index (χ0n) is 16.5. The minimum Gasteiger partial charge on any atom is -0.466 e. The minimum atomic E-state index is -0.266. The number of oxazole rings is 1. The molecule has 7 nitrogen and oxygen atoms in total. The van der Waals surface area contributed by atoms with Crippen LogP contribution in [0.25, 0.3) is 0 Å². The van der Waals surface area contributed by atoms with Crippen LogP contribution in [0.3, 0.4) is 0 Å². The maximum absolute atomic E-state index is 12.8. The highest BCUT2D eigenvalue weighted by atomic mass is 16.7. The van der Waals surface area contributed by atoms with Gasteiger partial charge in [-0.15, -0.1) is 0 Å². The zero-order chi connectivity index (χ0) is 19.7. The lowest BCUT2D eigenvalue weighted by Crippen LogP contribution is -2.34. The number of carbonyl (C=O) groups excluding carboxylic acids is 1. The first-order valence-electron chi connectivity index (χ1n) is 9.79. The molecule has 4 rings (SSSR count). The number of nitrogens with zero attached hydrogens (tertiary/aromatic N) is 1. The van der Waals surface area contributed by atoms with Crippen LogP contribution in [0.15, 0.2) is 22.6 Å². The Morgan fingerprint density at radius 1 is 1.29 bits per heavy atom. The molecule has 1 fully saturated rings. The Morgan fingerprint density at radius 2 is 2.11 bits per heavy atom. The molecule has 0 spiro atoms. The van der Waals surface area contributed by atoms with Crippen LogP contribution in [0.2, 0.25) is 0 Å². The Kier molecular flexibility index (Phi) is 5.26. The first kappa shape index (κ1) is 18.8. The first-order chi connectivity index (χ1) is 13.6. The Hall–Kier alpha value is -2.54. The summed E-state index contributed by atoms with van der Waals surface area (Å²) in [4.78, 5) is 17.2. The summed E-state index contributed by atoms with van der Waals surface area (Å²) in [6, 6.07) is 5.90. The van der Waals surface area contributed by atoms with E-state index in [0.29, 0.717) is 25.5 Å². The quantitative estimate of drug-likeness (QED) is 0.764. The SMILES string of the molecule is CCOC(=O)[C@H]1[C@H](CCc2nc(C)c(C)o2)NC[C@@H]1c1ccc2c(c1)OCO2. The van der Waals surface area contributed by atoms with Crippen molar-refractivity contribution in [2.45, 2.75) is 45.6 Å². The number of nitrogens with one attached hydrogen (secondary N) is 1. The van der Waals surface area contributed by atoms with E-state index in [4.69, 9.17) is 18.6 Å². The van der Waals surface area contributed by atoms with Crippen LogP contribution in [0.1, 0.15) is 42.2 Å². The lowest BCUT2D eigenvalue weighted by atomic mass is 9.83. The van der Waals surface area contributed by atoms with Crippen molar-refractivity contribution in [3.8, 4) is 11.5 Å². The maximum atomic E-state index is 12.8. The fraction of sp³-hybridized carbons (Fsp3) is 0.524. The number of carbonyl (C=O) groups is 1. The number of ether oxygens (including phenoxy) is 3. The molecule has 1 N–H and O–H groups in total. The summed E-state index contributed by atoms with van der Waals surface area (Å²) in [5, 5.41) is 3.51. The van der Waals surface area contributed by atoms with E-state index in [9.17, 15) is 4.79 Å². The fourth-order valence-electron chi connectivity index (χ4n) is 4.06. The molecule has 0 amide bonds. The second kappa shape index (κ2) is 7.83. The van der Waals surface area contributed by atoms with Crippen LogP contribution in [-0.2, 0) is 16.0 Å². The van der Waals surface area contributed by atoms with Gasteiger partial charge in [-0.05, 0) is 44.9 Å². The van der Waals surface area contributed by atoms with Gasteiger partial charge in [-0.25, -0.2) is 4.98 Å². The Morgan fingerprint density at radius 3 is 2.86 bits per heavy atom. The van der Waals surface area contributed by atoms with Crippen molar-refractivity contribution in [2.75, 3.05) is 19.9 Å². The van der Waals surface area contributed by atoms with Gasteiger partial charge in [-0.3, -0.25) is 4.79 Å². The monoisotopic (exact) mass is 386 g/mol. The third-order valence-electron chi connectivity index (χ3n) is 5.59. The van der Waals surface area contributed by atoms with Crippen molar-refractivity contribution in [2.24, 2.45) is 5.92 Å². The van der Waals surface area contributed by atoms with Gasteiger partial charge in [0, 0.05) is 24.9 Å².